The summed E-state index contributed by atoms with van der Waals surface area (Å²) in [6.45, 7) is 1.56. The number of nitrogens with zero attached hydrogens (tertiary/aromatic N) is 1. The van der Waals surface area contributed by atoms with E-state index in [-0.39, 0.29) is 0 Å². The zero-order valence-corrected chi connectivity index (χ0v) is 11.2. The Bertz CT molecular complexity index is 189. The molecule has 0 aliphatic heterocycles. The Labute approximate surface area is 106 Å². The van der Waals surface area contributed by atoms with E-state index in [0.717, 1.165) is 13.0 Å². The smallest absolute Gasteiger partial charge is 0.234 e. The lowest BCUT2D eigenvalue weighted by molar-refractivity contribution is 0.192. The number of rotatable bonds is 13. The van der Waals surface area contributed by atoms with Crippen LogP contribution in [0.3, 0.4) is 0 Å². The summed E-state index contributed by atoms with van der Waals surface area (Å²) in [7, 11) is 1.76. The van der Waals surface area contributed by atoms with Crippen molar-refractivity contribution in [3.8, 4) is 0 Å². The van der Waals surface area contributed by atoms with Crippen LogP contribution in [0.15, 0.2) is 4.99 Å². The molecule has 0 heterocycles. The molecule has 0 spiro atoms. The van der Waals surface area contributed by atoms with Crippen LogP contribution in [0.1, 0.15) is 64.2 Å². The van der Waals surface area contributed by atoms with Crippen LogP contribution in [-0.4, -0.2) is 26.3 Å². The molecule has 0 saturated carbocycles. The fourth-order valence-corrected chi connectivity index (χ4v) is 1.90. The van der Waals surface area contributed by atoms with E-state index in [1.54, 1.807) is 13.2 Å². The topological polar surface area (TPSA) is 38.7 Å². The molecule has 0 bridgehead atoms. The van der Waals surface area contributed by atoms with Gasteiger partial charge in [-0.25, -0.2) is 9.79 Å². The third-order valence-electron chi connectivity index (χ3n) is 2.93. The molecule has 0 atom stereocenters. The van der Waals surface area contributed by atoms with Gasteiger partial charge in [0, 0.05) is 13.7 Å². The van der Waals surface area contributed by atoms with E-state index in [2.05, 4.69) is 4.99 Å². The summed E-state index contributed by atoms with van der Waals surface area (Å²) >= 11 is 0. The third kappa shape index (κ3) is 15.3. The molecule has 0 aromatic carbocycles. The zero-order chi connectivity index (χ0) is 12.6. The molecule has 100 valence electrons. The van der Waals surface area contributed by atoms with Gasteiger partial charge in [0.15, 0.2) is 0 Å². The molecule has 0 aliphatic rings. The molecule has 0 N–H and O–H groups in total. The summed E-state index contributed by atoms with van der Waals surface area (Å²) in [5.74, 6) is 0. The normalized spacial score (nSPS) is 10.2. The second kappa shape index (κ2) is 15.3. The Morgan fingerprint density at radius 2 is 1.29 bits per heavy atom. The minimum absolute atomic E-state index is 0.656. The van der Waals surface area contributed by atoms with Gasteiger partial charge in [-0.3, -0.25) is 0 Å². The van der Waals surface area contributed by atoms with Crippen LogP contribution >= 0.6 is 0 Å². The van der Waals surface area contributed by atoms with E-state index in [0.29, 0.717) is 6.54 Å². The van der Waals surface area contributed by atoms with Gasteiger partial charge in [-0.15, -0.1) is 0 Å². The molecule has 0 unspecified atom stereocenters. The molecule has 0 radical (unpaired) electrons. The van der Waals surface area contributed by atoms with E-state index in [4.69, 9.17) is 4.74 Å². The van der Waals surface area contributed by atoms with Crippen molar-refractivity contribution in [3.05, 3.63) is 0 Å². The highest BCUT2D eigenvalue weighted by Gasteiger charge is 1.92. The van der Waals surface area contributed by atoms with Gasteiger partial charge < -0.3 is 4.74 Å². The number of hydrogen-bond acceptors (Lipinski definition) is 3. The predicted molar refractivity (Wildman–Crippen MR) is 71.0 cm³/mol. The Morgan fingerprint density at radius 3 is 1.76 bits per heavy atom. The van der Waals surface area contributed by atoms with Crippen LogP contribution in [0, 0.1) is 0 Å². The van der Waals surface area contributed by atoms with E-state index in [1.165, 1.54) is 57.8 Å². The average molecular weight is 241 g/mol. The first-order valence-corrected chi connectivity index (χ1v) is 6.94. The number of ether oxygens (including phenoxy) is 1. The van der Waals surface area contributed by atoms with Crippen LogP contribution < -0.4 is 0 Å². The van der Waals surface area contributed by atoms with E-state index < -0.39 is 0 Å². The van der Waals surface area contributed by atoms with Crippen molar-refractivity contribution in [1.29, 1.82) is 0 Å². The van der Waals surface area contributed by atoms with Crippen molar-refractivity contribution >= 4 is 6.08 Å². The summed E-state index contributed by atoms with van der Waals surface area (Å²) in [5, 5.41) is 0. The molecule has 0 aromatic heterocycles. The molecule has 3 nitrogen and oxygen atoms in total. The molecular formula is C14H27NO2. The lowest BCUT2D eigenvalue weighted by Crippen LogP contribution is -1.88. The Morgan fingerprint density at radius 1 is 0.824 bits per heavy atom. The fraction of sp³-hybridized carbons (Fsp3) is 0.929. The number of methoxy groups -OCH3 is 1. The molecule has 0 saturated heterocycles. The zero-order valence-electron chi connectivity index (χ0n) is 11.2. The van der Waals surface area contributed by atoms with E-state index >= 15 is 0 Å². The van der Waals surface area contributed by atoms with Gasteiger partial charge >= 0.3 is 0 Å². The second-order valence-corrected chi connectivity index (χ2v) is 4.50. The number of carbonyl (C=O) groups excluding carboxylic acids is 1. The summed E-state index contributed by atoms with van der Waals surface area (Å²) in [6, 6.07) is 0. The SMILES string of the molecule is COCCCCCCCCCCCCN=C=O. The maximum absolute atomic E-state index is 9.81. The van der Waals surface area contributed by atoms with Crippen LogP contribution in [0.5, 0.6) is 0 Å². The highest BCUT2D eigenvalue weighted by Crippen LogP contribution is 2.10. The molecule has 0 aromatic rings. The number of aliphatic imine (C=N–C) groups is 1. The van der Waals surface area contributed by atoms with Crippen LogP contribution in [-0.2, 0) is 9.53 Å². The molecule has 17 heavy (non-hydrogen) atoms. The maximum atomic E-state index is 9.81. The summed E-state index contributed by atoms with van der Waals surface area (Å²) in [6.07, 6.45) is 14.3. The Balaban J connectivity index is 2.91. The quantitative estimate of drug-likeness (QED) is 0.279. The van der Waals surface area contributed by atoms with Gasteiger partial charge in [-0.2, -0.15) is 0 Å². The largest absolute Gasteiger partial charge is 0.385 e. The monoisotopic (exact) mass is 241 g/mol. The van der Waals surface area contributed by atoms with Crippen molar-refractivity contribution < 1.29 is 9.53 Å². The number of isocyanates is 1. The molecule has 0 rings (SSSR count). The first-order valence-electron chi connectivity index (χ1n) is 6.94. The van der Waals surface area contributed by atoms with Crippen molar-refractivity contribution in [2.45, 2.75) is 64.2 Å². The summed E-state index contributed by atoms with van der Waals surface area (Å²) in [4.78, 5) is 13.3. The number of hydrogen-bond donors (Lipinski definition) is 0. The molecular weight excluding hydrogens is 214 g/mol. The summed E-state index contributed by atoms with van der Waals surface area (Å²) < 4.78 is 5.01. The maximum Gasteiger partial charge on any atom is 0.234 e. The molecule has 0 fully saturated rings. The predicted octanol–water partition coefficient (Wildman–Crippen LogP) is 3.87. The first-order chi connectivity index (χ1) is 8.41. The van der Waals surface area contributed by atoms with Gasteiger partial charge in [0.2, 0.25) is 6.08 Å². The van der Waals surface area contributed by atoms with Gasteiger partial charge in [0.1, 0.15) is 0 Å². The molecule has 3 heteroatoms. The van der Waals surface area contributed by atoms with Gasteiger partial charge in [-0.05, 0) is 12.8 Å². The molecule has 0 aliphatic carbocycles. The van der Waals surface area contributed by atoms with Crippen LogP contribution in [0.2, 0.25) is 0 Å². The fourth-order valence-electron chi connectivity index (χ4n) is 1.90. The van der Waals surface area contributed by atoms with Crippen LogP contribution in [0.25, 0.3) is 0 Å². The van der Waals surface area contributed by atoms with Crippen molar-refractivity contribution in [2.24, 2.45) is 4.99 Å². The average Bonchev–Trinajstić information content (AvgIpc) is 2.35. The van der Waals surface area contributed by atoms with E-state index in [9.17, 15) is 4.79 Å². The minimum Gasteiger partial charge on any atom is -0.385 e. The second-order valence-electron chi connectivity index (χ2n) is 4.50. The summed E-state index contributed by atoms with van der Waals surface area (Å²) in [5.41, 5.74) is 0. The minimum atomic E-state index is 0.656. The highest BCUT2D eigenvalue weighted by molar-refractivity contribution is 5.32. The molecule has 0 amide bonds. The van der Waals surface area contributed by atoms with Crippen molar-refractivity contribution in [3.63, 3.8) is 0 Å². The third-order valence-corrected chi connectivity index (χ3v) is 2.93. The van der Waals surface area contributed by atoms with Crippen molar-refractivity contribution in [2.75, 3.05) is 20.3 Å². The Hall–Kier alpha value is -0.660. The lowest BCUT2D eigenvalue weighted by Gasteiger charge is -2.02. The van der Waals surface area contributed by atoms with Crippen molar-refractivity contribution in [1.82, 2.24) is 0 Å². The van der Waals surface area contributed by atoms with Crippen LogP contribution in [0.4, 0.5) is 0 Å². The first kappa shape index (κ1) is 16.3. The Kier molecular flexibility index (Phi) is 14.7. The van der Waals surface area contributed by atoms with E-state index in [1.807, 2.05) is 0 Å². The lowest BCUT2D eigenvalue weighted by atomic mass is 10.1. The van der Waals surface area contributed by atoms with Gasteiger partial charge in [0.05, 0.1) is 6.54 Å². The standard InChI is InChI=1S/C14H27NO2/c1-17-13-11-9-7-5-3-2-4-6-8-10-12-15-14-16/h2-13H2,1H3. The van der Waals surface area contributed by atoms with Gasteiger partial charge in [0.25, 0.3) is 0 Å². The number of unbranched alkanes of at least 4 members (excludes halogenated alkanes) is 9. The van der Waals surface area contributed by atoms with Gasteiger partial charge in [-0.1, -0.05) is 51.4 Å². The highest BCUT2D eigenvalue weighted by atomic mass is 16.5.